The first kappa shape index (κ1) is 18.9. The number of nitrogens with zero attached hydrogens (tertiary/aromatic N) is 1. The molecule has 0 spiro atoms. The van der Waals surface area contributed by atoms with E-state index in [4.69, 9.17) is 23.8 Å². The van der Waals surface area contributed by atoms with Crippen molar-refractivity contribution in [2.45, 2.75) is 19.9 Å². The Morgan fingerprint density at radius 3 is 2.62 bits per heavy atom. The highest BCUT2D eigenvalue weighted by atomic mass is 35.5. The summed E-state index contributed by atoms with van der Waals surface area (Å²) in [6.07, 6.45) is 0.947. The number of hydrogen-bond acceptors (Lipinski definition) is 2. The maximum absolute atomic E-state index is 6.24. The summed E-state index contributed by atoms with van der Waals surface area (Å²) in [6, 6.07) is 20.6. The number of nitrogens with one attached hydrogen (secondary N) is 1. The van der Waals surface area contributed by atoms with Crippen LogP contribution in [0.3, 0.4) is 0 Å². The highest BCUT2D eigenvalue weighted by Crippen LogP contribution is 2.21. The van der Waals surface area contributed by atoms with Crippen LogP contribution in [-0.2, 0) is 13.0 Å². The summed E-state index contributed by atoms with van der Waals surface area (Å²) in [5, 5.41) is 6.89. The van der Waals surface area contributed by atoms with Crippen LogP contribution in [0.25, 0.3) is 0 Å². The van der Waals surface area contributed by atoms with Gasteiger partial charge in [-0.3, -0.25) is 0 Å². The smallest absolute Gasteiger partial charge is 0.173 e. The van der Waals surface area contributed by atoms with E-state index in [2.05, 4.69) is 52.0 Å². The molecule has 0 aliphatic heterocycles. The van der Waals surface area contributed by atoms with E-state index >= 15 is 0 Å². The summed E-state index contributed by atoms with van der Waals surface area (Å²) < 4.78 is 0. The van der Waals surface area contributed by atoms with Gasteiger partial charge in [-0.15, -0.1) is 11.3 Å². The lowest BCUT2D eigenvalue weighted by atomic mass is 10.1. The predicted octanol–water partition coefficient (Wildman–Crippen LogP) is 6.15. The third-order valence-electron chi connectivity index (χ3n) is 4.15. The fourth-order valence-electron chi connectivity index (χ4n) is 2.62. The van der Waals surface area contributed by atoms with E-state index in [-0.39, 0.29) is 0 Å². The van der Waals surface area contributed by atoms with Gasteiger partial charge in [-0.25, -0.2) is 0 Å². The van der Waals surface area contributed by atoms with Gasteiger partial charge in [0.25, 0.3) is 0 Å². The summed E-state index contributed by atoms with van der Waals surface area (Å²) in [5.74, 6) is 0. The van der Waals surface area contributed by atoms with Gasteiger partial charge < -0.3 is 10.2 Å². The van der Waals surface area contributed by atoms with E-state index in [0.29, 0.717) is 5.11 Å². The van der Waals surface area contributed by atoms with Crippen molar-refractivity contribution in [3.05, 3.63) is 87.1 Å². The van der Waals surface area contributed by atoms with Crippen molar-refractivity contribution in [1.82, 2.24) is 4.90 Å². The SMILES string of the molecule is Cc1ccc(NC(=S)N(CCc2ccccc2)Cc2cccs2)cc1Cl. The predicted molar refractivity (Wildman–Crippen MR) is 117 cm³/mol. The van der Waals surface area contributed by atoms with Gasteiger partial charge in [-0.1, -0.05) is 54.1 Å². The minimum Gasteiger partial charge on any atom is -0.344 e. The van der Waals surface area contributed by atoms with Gasteiger partial charge in [0, 0.05) is 22.1 Å². The maximum atomic E-state index is 6.24. The van der Waals surface area contributed by atoms with Crippen molar-refractivity contribution in [2.24, 2.45) is 0 Å². The molecule has 0 saturated carbocycles. The Hall–Kier alpha value is -1.88. The standard InChI is InChI=1S/C21H21ClN2S2/c1-16-9-10-18(14-20(16)22)23-21(25)24(15-19-8-5-13-26-19)12-11-17-6-3-2-4-7-17/h2-10,13-14H,11-12,15H2,1H3,(H,23,25). The molecule has 5 heteroatoms. The second-order valence-electron chi connectivity index (χ2n) is 6.13. The summed E-state index contributed by atoms with van der Waals surface area (Å²) in [5.41, 5.74) is 3.29. The van der Waals surface area contributed by atoms with E-state index in [1.807, 2.05) is 31.2 Å². The Balaban J connectivity index is 1.70. The van der Waals surface area contributed by atoms with Crippen LogP contribution in [0.15, 0.2) is 66.0 Å². The second-order valence-corrected chi connectivity index (χ2v) is 7.96. The second kappa shape index (κ2) is 9.17. The molecule has 0 atom stereocenters. The highest BCUT2D eigenvalue weighted by Gasteiger charge is 2.12. The summed E-state index contributed by atoms with van der Waals surface area (Å²) in [4.78, 5) is 3.51. The van der Waals surface area contributed by atoms with Crippen LogP contribution in [0.5, 0.6) is 0 Å². The average molecular weight is 401 g/mol. The van der Waals surface area contributed by atoms with Crippen molar-refractivity contribution >= 4 is 46.0 Å². The molecule has 0 bridgehead atoms. The molecule has 0 aliphatic carbocycles. The highest BCUT2D eigenvalue weighted by molar-refractivity contribution is 7.80. The molecule has 0 amide bonds. The molecule has 134 valence electrons. The molecule has 1 N–H and O–H groups in total. The van der Waals surface area contributed by atoms with Gasteiger partial charge in [-0.2, -0.15) is 0 Å². The third kappa shape index (κ3) is 5.31. The third-order valence-corrected chi connectivity index (χ3v) is 5.78. The lowest BCUT2D eigenvalue weighted by Crippen LogP contribution is -2.35. The molecular formula is C21H21ClN2S2. The Kier molecular flexibility index (Phi) is 6.67. The first-order valence-corrected chi connectivity index (χ1v) is 10.2. The van der Waals surface area contributed by atoms with Gasteiger partial charge >= 0.3 is 0 Å². The fourth-order valence-corrected chi connectivity index (χ4v) is 3.80. The molecule has 3 rings (SSSR count). The van der Waals surface area contributed by atoms with Crippen LogP contribution >= 0.6 is 35.2 Å². The first-order chi connectivity index (χ1) is 12.6. The minimum absolute atomic E-state index is 0.717. The van der Waals surface area contributed by atoms with Crippen LogP contribution in [-0.4, -0.2) is 16.6 Å². The van der Waals surface area contributed by atoms with Crippen LogP contribution in [0.4, 0.5) is 5.69 Å². The Bertz CT molecular complexity index is 848. The van der Waals surface area contributed by atoms with Gasteiger partial charge in [0.2, 0.25) is 0 Å². The monoisotopic (exact) mass is 400 g/mol. The van der Waals surface area contributed by atoms with Crippen LogP contribution in [0, 0.1) is 6.92 Å². The lowest BCUT2D eigenvalue weighted by molar-refractivity contribution is 0.427. The van der Waals surface area contributed by atoms with Gasteiger partial charge in [-0.05, 0) is 60.3 Å². The van der Waals surface area contributed by atoms with Crippen molar-refractivity contribution in [2.75, 3.05) is 11.9 Å². The zero-order chi connectivity index (χ0) is 18.4. The molecule has 2 aromatic carbocycles. The van der Waals surface area contributed by atoms with Gasteiger partial charge in [0.1, 0.15) is 0 Å². The first-order valence-electron chi connectivity index (χ1n) is 8.50. The summed E-state index contributed by atoms with van der Waals surface area (Å²) in [7, 11) is 0. The normalized spacial score (nSPS) is 10.5. The maximum Gasteiger partial charge on any atom is 0.173 e. The Morgan fingerprint density at radius 1 is 1.12 bits per heavy atom. The number of halogens is 1. The van der Waals surface area contributed by atoms with E-state index in [1.54, 1.807) is 11.3 Å². The molecular weight excluding hydrogens is 380 g/mol. The molecule has 0 radical (unpaired) electrons. The molecule has 1 aromatic heterocycles. The molecule has 0 unspecified atom stereocenters. The molecule has 0 saturated heterocycles. The molecule has 0 fully saturated rings. The average Bonchev–Trinajstić information content (AvgIpc) is 3.15. The number of rotatable bonds is 6. The quantitative estimate of drug-likeness (QED) is 0.499. The Morgan fingerprint density at radius 2 is 1.92 bits per heavy atom. The van der Waals surface area contributed by atoms with Crippen molar-refractivity contribution in [1.29, 1.82) is 0 Å². The number of anilines is 1. The van der Waals surface area contributed by atoms with E-state index < -0.39 is 0 Å². The van der Waals surface area contributed by atoms with Crippen LogP contribution in [0.2, 0.25) is 5.02 Å². The molecule has 26 heavy (non-hydrogen) atoms. The van der Waals surface area contributed by atoms with E-state index in [0.717, 1.165) is 35.8 Å². The molecule has 3 aromatic rings. The zero-order valence-corrected chi connectivity index (χ0v) is 17.0. The number of hydrogen-bond donors (Lipinski definition) is 1. The fraction of sp³-hybridized carbons (Fsp3) is 0.190. The Labute approximate surface area is 169 Å². The van der Waals surface area contributed by atoms with Crippen molar-refractivity contribution < 1.29 is 0 Å². The van der Waals surface area contributed by atoms with E-state index in [9.17, 15) is 0 Å². The largest absolute Gasteiger partial charge is 0.344 e. The molecule has 0 aliphatic rings. The lowest BCUT2D eigenvalue weighted by Gasteiger charge is -2.25. The van der Waals surface area contributed by atoms with Gasteiger partial charge in [0.05, 0.1) is 6.54 Å². The number of aryl methyl sites for hydroxylation is 1. The van der Waals surface area contributed by atoms with E-state index in [1.165, 1.54) is 10.4 Å². The van der Waals surface area contributed by atoms with Crippen LogP contribution in [0.1, 0.15) is 16.0 Å². The topological polar surface area (TPSA) is 15.3 Å². The minimum atomic E-state index is 0.717. The van der Waals surface area contributed by atoms with Gasteiger partial charge in [0.15, 0.2) is 5.11 Å². The number of thiocarbonyl (C=S) groups is 1. The summed E-state index contributed by atoms with van der Waals surface area (Å²) in [6.45, 7) is 3.65. The van der Waals surface area contributed by atoms with Crippen molar-refractivity contribution in [3.8, 4) is 0 Å². The zero-order valence-electron chi connectivity index (χ0n) is 14.6. The van der Waals surface area contributed by atoms with Crippen molar-refractivity contribution in [3.63, 3.8) is 0 Å². The summed E-state index contributed by atoms with van der Waals surface area (Å²) >= 11 is 13.7. The molecule has 2 nitrogen and oxygen atoms in total. The molecule has 1 heterocycles. The number of benzene rings is 2. The number of thiophene rings is 1. The van der Waals surface area contributed by atoms with Crippen LogP contribution < -0.4 is 5.32 Å².